The predicted octanol–water partition coefficient (Wildman–Crippen LogP) is 1.53. The Balaban J connectivity index is 2.19. The van der Waals surface area contributed by atoms with E-state index in [1.165, 1.54) is 4.90 Å². The number of aliphatic hydroxyl groups is 1. The van der Waals surface area contributed by atoms with Gasteiger partial charge >= 0.3 is 12.0 Å². The van der Waals surface area contributed by atoms with E-state index < -0.39 is 17.4 Å². The van der Waals surface area contributed by atoms with E-state index in [2.05, 4.69) is 0 Å². The molecule has 0 radical (unpaired) electrons. The summed E-state index contributed by atoms with van der Waals surface area (Å²) < 4.78 is 0. The first-order valence-corrected chi connectivity index (χ1v) is 7.79. The van der Waals surface area contributed by atoms with Crippen LogP contribution < -0.4 is 0 Å². The fourth-order valence-corrected chi connectivity index (χ4v) is 3.47. The van der Waals surface area contributed by atoms with E-state index >= 15 is 0 Å². The zero-order valence-corrected chi connectivity index (χ0v) is 12.9. The standard InChI is InChI=1S/C15H26N2O4/c1-15(2)7-4-8-17(12(15)13(19)20)14(21)16(9-10-18)11-5-3-6-11/h11-12,18H,3-10H2,1-2H3,(H,19,20). The van der Waals surface area contributed by atoms with Crippen LogP contribution in [-0.2, 0) is 4.79 Å². The Kier molecular flexibility index (Phi) is 4.76. The van der Waals surface area contributed by atoms with Crippen LogP contribution in [0.25, 0.3) is 0 Å². The maximum atomic E-state index is 12.8. The second-order valence-corrected chi connectivity index (χ2v) is 6.81. The molecule has 2 rings (SSSR count). The smallest absolute Gasteiger partial charge is 0.327 e. The van der Waals surface area contributed by atoms with E-state index in [9.17, 15) is 19.8 Å². The maximum absolute atomic E-state index is 12.8. The van der Waals surface area contributed by atoms with E-state index in [0.717, 1.165) is 32.1 Å². The number of likely N-dealkylation sites (tertiary alicyclic amines) is 1. The van der Waals surface area contributed by atoms with Crippen molar-refractivity contribution in [1.82, 2.24) is 9.80 Å². The highest BCUT2D eigenvalue weighted by Crippen LogP contribution is 2.36. The van der Waals surface area contributed by atoms with Crippen molar-refractivity contribution in [1.29, 1.82) is 0 Å². The zero-order chi connectivity index (χ0) is 15.6. The number of piperidine rings is 1. The Hall–Kier alpha value is -1.30. The van der Waals surface area contributed by atoms with E-state index in [1.54, 1.807) is 4.90 Å². The summed E-state index contributed by atoms with van der Waals surface area (Å²) in [6.07, 6.45) is 4.60. The van der Waals surface area contributed by atoms with Crippen molar-refractivity contribution >= 4 is 12.0 Å². The third-order valence-electron chi connectivity index (χ3n) is 4.85. The first-order chi connectivity index (χ1) is 9.88. The van der Waals surface area contributed by atoms with Crippen LogP contribution in [0.2, 0.25) is 0 Å². The number of urea groups is 1. The molecule has 0 aromatic carbocycles. The summed E-state index contributed by atoms with van der Waals surface area (Å²) in [6, 6.07) is -0.863. The summed E-state index contributed by atoms with van der Waals surface area (Å²) in [5.74, 6) is -0.939. The molecule has 2 aliphatic rings. The van der Waals surface area contributed by atoms with Gasteiger partial charge in [0.1, 0.15) is 6.04 Å². The monoisotopic (exact) mass is 298 g/mol. The van der Waals surface area contributed by atoms with Gasteiger partial charge in [-0.25, -0.2) is 9.59 Å². The number of carbonyl (C=O) groups excluding carboxylic acids is 1. The fraction of sp³-hybridized carbons (Fsp3) is 0.867. The molecule has 0 aromatic heterocycles. The van der Waals surface area contributed by atoms with Gasteiger partial charge in [-0.2, -0.15) is 0 Å². The fourth-order valence-electron chi connectivity index (χ4n) is 3.47. The highest BCUT2D eigenvalue weighted by molar-refractivity contribution is 5.84. The van der Waals surface area contributed by atoms with Gasteiger partial charge in [0.25, 0.3) is 0 Å². The van der Waals surface area contributed by atoms with Gasteiger partial charge in [0, 0.05) is 19.1 Å². The van der Waals surface area contributed by atoms with Crippen molar-refractivity contribution < 1.29 is 19.8 Å². The molecule has 0 aromatic rings. The summed E-state index contributed by atoms with van der Waals surface area (Å²) in [5.41, 5.74) is -0.426. The molecule has 1 aliphatic heterocycles. The molecule has 0 bridgehead atoms. The summed E-state index contributed by atoms with van der Waals surface area (Å²) >= 11 is 0. The Morgan fingerprint density at radius 2 is 1.95 bits per heavy atom. The van der Waals surface area contributed by atoms with Crippen LogP contribution in [0, 0.1) is 5.41 Å². The second-order valence-electron chi connectivity index (χ2n) is 6.81. The lowest BCUT2D eigenvalue weighted by molar-refractivity contribution is -0.149. The highest BCUT2D eigenvalue weighted by atomic mass is 16.4. The van der Waals surface area contributed by atoms with Crippen LogP contribution in [-0.4, -0.2) is 63.8 Å². The van der Waals surface area contributed by atoms with E-state index in [1.807, 2.05) is 13.8 Å². The number of aliphatic hydroxyl groups excluding tert-OH is 1. The maximum Gasteiger partial charge on any atom is 0.327 e. The number of carbonyl (C=O) groups is 2. The molecule has 6 heteroatoms. The van der Waals surface area contributed by atoms with E-state index in [4.69, 9.17) is 0 Å². The topological polar surface area (TPSA) is 81.1 Å². The van der Waals surface area contributed by atoms with Crippen molar-refractivity contribution in [3.8, 4) is 0 Å². The van der Waals surface area contributed by atoms with Crippen molar-refractivity contribution in [3.05, 3.63) is 0 Å². The number of nitrogens with zero attached hydrogens (tertiary/aromatic N) is 2. The minimum Gasteiger partial charge on any atom is -0.480 e. The number of hydrogen-bond acceptors (Lipinski definition) is 3. The molecule has 1 saturated carbocycles. The lowest BCUT2D eigenvalue weighted by Gasteiger charge is -2.47. The molecule has 2 N–H and O–H groups in total. The number of rotatable bonds is 4. The first-order valence-electron chi connectivity index (χ1n) is 7.79. The van der Waals surface area contributed by atoms with Gasteiger partial charge in [-0.15, -0.1) is 0 Å². The lowest BCUT2D eigenvalue weighted by atomic mass is 9.76. The normalized spacial score (nSPS) is 25.3. The van der Waals surface area contributed by atoms with Gasteiger partial charge in [0.05, 0.1) is 6.61 Å². The summed E-state index contributed by atoms with van der Waals surface area (Å²) in [5, 5.41) is 18.8. The van der Waals surface area contributed by atoms with Crippen molar-refractivity contribution in [2.75, 3.05) is 19.7 Å². The molecular weight excluding hydrogens is 272 g/mol. The highest BCUT2D eigenvalue weighted by Gasteiger charge is 2.46. The minimum absolute atomic E-state index is 0.0861. The Labute approximate surface area is 125 Å². The number of amides is 2. The molecule has 2 amide bonds. The van der Waals surface area contributed by atoms with Gasteiger partial charge < -0.3 is 20.0 Å². The van der Waals surface area contributed by atoms with E-state index in [0.29, 0.717) is 6.54 Å². The SMILES string of the molecule is CC1(C)CCCN(C(=O)N(CCO)C2CCC2)C1C(=O)O. The molecular formula is C15H26N2O4. The minimum atomic E-state index is -0.939. The number of aliphatic carboxylic acids is 1. The van der Waals surface area contributed by atoms with Gasteiger partial charge in [-0.05, 0) is 37.5 Å². The van der Waals surface area contributed by atoms with Gasteiger partial charge in [-0.1, -0.05) is 13.8 Å². The van der Waals surface area contributed by atoms with Crippen LogP contribution in [0.1, 0.15) is 46.0 Å². The molecule has 1 aliphatic carbocycles. The van der Waals surface area contributed by atoms with Crippen LogP contribution in [0.5, 0.6) is 0 Å². The number of carboxylic acid groups (broad SMARTS) is 1. The van der Waals surface area contributed by atoms with Gasteiger partial charge in [-0.3, -0.25) is 0 Å². The molecule has 6 nitrogen and oxygen atoms in total. The van der Waals surface area contributed by atoms with Crippen molar-refractivity contribution in [3.63, 3.8) is 0 Å². The van der Waals surface area contributed by atoms with Crippen molar-refractivity contribution in [2.45, 2.75) is 58.0 Å². The molecule has 1 unspecified atom stereocenters. The third kappa shape index (κ3) is 3.15. The molecule has 2 fully saturated rings. The second kappa shape index (κ2) is 6.22. The summed E-state index contributed by atoms with van der Waals surface area (Å²) in [6.45, 7) is 4.49. The third-order valence-corrected chi connectivity index (χ3v) is 4.85. The Morgan fingerprint density at radius 3 is 2.43 bits per heavy atom. The average molecular weight is 298 g/mol. The van der Waals surface area contributed by atoms with Crippen LogP contribution in [0.15, 0.2) is 0 Å². The molecule has 1 atom stereocenters. The summed E-state index contributed by atoms with van der Waals surface area (Å²) in [4.78, 5) is 27.6. The van der Waals surface area contributed by atoms with Crippen LogP contribution in [0.4, 0.5) is 4.79 Å². The molecule has 120 valence electrons. The quantitative estimate of drug-likeness (QED) is 0.824. The number of hydrogen-bond donors (Lipinski definition) is 2. The Morgan fingerprint density at radius 1 is 1.29 bits per heavy atom. The van der Waals surface area contributed by atoms with Crippen molar-refractivity contribution in [2.24, 2.45) is 5.41 Å². The summed E-state index contributed by atoms with van der Waals surface area (Å²) in [7, 11) is 0. The first kappa shape index (κ1) is 16.1. The van der Waals surface area contributed by atoms with Gasteiger partial charge in [0.2, 0.25) is 0 Å². The molecule has 0 spiro atoms. The predicted molar refractivity (Wildman–Crippen MR) is 78.0 cm³/mol. The van der Waals surface area contributed by atoms with Crippen LogP contribution in [0.3, 0.4) is 0 Å². The lowest BCUT2D eigenvalue weighted by Crippen LogP contribution is -2.61. The number of carboxylic acids is 1. The van der Waals surface area contributed by atoms with E-state index in [-0.39, 0.29) is 25.2 Å². The molecule has 21 heavy (non-hydrogen) atoms. The molecule has 1 heterocycles. The Bertz CT molecular complexity index is 406. The average Bonchev–Trinajstić information content (AvgIpc) is 2.33. The largest absolute Gasteiger partial charge is 0.480 e. The molecule has 1 saturated heterocycles. The van der Waals surface area contributed by atoms with Gasteiger partial charge in [0.15, 0.2) is 0 Å². The van der Waals surface area contributed by atoms with Crippen LogP contribution >= 0.6 is 0 Å². The zero-order valence-electron chi connectivity index (χ0n) is 12.9.